The molecule has 10 atom stereocenters. The molecule has 4 aliphatic carbocycles. The zero-order valence-corrected chi connectivity index (χ0v) is 24.5. The second-order valence-corrected chi connectivity index (χ2v) is 12.7. The van der Waals surface area contributed by atoms with Gasteiger partial charge in [0, 0.05) is 0 Å². The van der Waals surface area contributed by atoms with Crippen LogP contribution < -0.4 is 11.5 Å². The van der Waals surface area contributed by atoms with Gasteiger partial charge in [0.05, 0.1) is 23.7 Å². The summed E-state index contributed by atoms with van der Waals surface area (Å²) in [6.45, 7) is 6.67. The summed E-state index contributed by atoms with van der Waals surface area (Å²) < 4.78 is 10.5. The number of imide groups is 2. The van der Waals surface area contributed by atoms with Crippen LogP contribution in [0.1, 0.15) is 40.5 Å². The third-order valence-electron chi connectivity index (χ3n) is 9.25. The van der Waals surface area contributed by atoms with Crippen LogP contribution in [0.4, 0.5) is 0 Å². The number of esters is 2. The smallest absolute Gasteiger partial charge is 0.324 e. The summed E-state index contributed by atoms with van der Waals surface area (Å²) in [6, 6.07) is -1.70. The van der Waals surface area contributed by atoms with Gasteiger partial charge >= 0.3 is 11.9 Å². The monoisotopic (exact) mass is 594 g/mol. The Labute approximate surface area is 244 Å². The number of amides is 4. The molecule has 6 rings (SSSR count). The van der Waals surface area contributed by atoms with Crippen molar-refractivity contribution in [2.45, 2.75) is 52.6 Å². The molecule has 12 nitrogen and oxygen atoms in total. The van der Waals surface area contributed by atoms with E-state index in [-0.39, 0.29) is 36.1 Å². The van der Waals surface area contributed by atoms with Gasteiger partial charge in [0.15, 0.2) is 13.5 Å². The zero-order valence-electron chi connectivity index (χ0n) is 23.6. The largest absolute Gasteiger partial charge is 0.443 e. The predicted octanol–water partition coefficient (Wildman–Crippen LogP) is 0.421. The maximum atomic E-state index is 13.4. The molecule has 4 amide bonds. The summed E-state index contributed by atoms with van der Waals surface area (Å²) in [5.41, 5.74) is 11.7. The molecule has 4 N–H and O–H groups in total. The van der Waals surface area contributed by atoms with Crippen molar-refractivity contribution in [3.63, 3.8) is 0 Å². The lowest BCUT2D eigenvalue weighted by atomic mass is 9.40. The van der Waals surface area contributed by atoms with E-state index in [0.29, 0.717) is 12.8 Å². The van der Waals surface area contributed by atoms with Gasteiger partial charge in [-0.1, -0.05) is 39.8 Å². The number of nitrogens with zero attached hydrogens (tertiary/aromatic N) is 2. The fourth-order valence-corrected chi connectivity index (χ4v) is 7.66. The summed E-state index contributed by atoms with van der Waals surface area (Å²) in [4.78, 5) is 80.0. The van der Waals surface area contributed by atoms with Gasteiger partial charge in [0.2, 0.25) is 23.6 Å². The molecule has 6 aliphatic rings. The number of fused-ring (bicyclic) bond motifs is 1. The van der Waals surface area contributed by atoms with Crippen molar-refractivity contribution in [2.75, 3.05) is 13.5 Å². The molecular weight excluding hydrogens is 556 g/mol. The number of ether oxygens (including phenoxy) is 2. The molecule has 0 aromatic carbocycles. The van der Waals surface area contributed by atoms with Crippen LogP contribution in [0.15, 0.2) is 12.2 Å². The van der Waals surface area contributed by atoms with E-state index >= 15 is 0 Å². The average Bonchev–Trinajstić information content (AvgIpc) is 3.23. The van der Waals surface area contributed by atoms with Gasteiger partial charge in [0.1, 0.15) is 12.1 Å². The van der Waals surface area contributed by atoms with Crippen LogP contribution in [0.3, 0.4) is 0 Å². The third-order valence-corrected chi connectivity index (χ3v) is 9.25. The van der Waals surface area contributed by atoms with Gasteiger partial charge in [-0.25, -0.2) is 9.80 Å². The molecule has 10 unspecified atom stereocenters. The van der Waals surface area contributed by atoms with E-state index < -0.39 is 96.6 Å². The van der Waals surface area contributed by atoms with Crippen molar-refractivity contribution in [2.24, 2.45) is 70.6 Å². The Kier molecular flexibility index (Phi) is 8.69. The van der Waals surface area contributed by atoms with Gasteiger partial charge < -0.3 is 20.9 Å². The molecule has 2 heterocycles. The molecule has 0 aromatic heterocycles. The van der Waals surface area contributed by atoms with Crippen molar-refractivity contribution in [3.05, 3.63) is 12.2 Å². The second-order valence-electron chi connectivity index (χ2n) is 12.7. The Hall–Kier alpha value is -2.83. The van der Waals surface area contributed by atoms with Gasteiger partial charge in [-0.2, -0.15) is 0 Å². The number of likely N-dealkylation sites (tertiary alicyclic amines) is 2. The first-order valence-corrected chi connectivity index (χ1v) is 14.1. The summed E-state index contributed by atoms with van der Waals surface area (Å²) in [5.74, 6) is -6.75. The van der Waals surface area contributed by atoms with E-state index in [4.69, 9.17) is 20.9 Å². The number of nitrogens with two attached hydrogens (primary N) is 2. The Morgan fingerprint density at radius 3 is 1.32 bits per heavy atom. The fourth-order valence-electron chi connectivity index (χ4n) is 7.66. The lowest BCUT2D eigenvalue weighted by molar-refractivity contribution is -0.166. The first kappa shape index (κ1) is 31.1. The molecule has 2 bridgehead atoms. The van der Waals surface area contributed by atoms with Crippen LogP contribution in [0.5, 0.6) is 0 Å². The minimum atomic E-state index is -0.853. The number of carbonyl (C=O) groups excluding carboxylic acids is 6. The molecule has 2 aliphatic heterocycles. The van der Waals surface area contributed by atoms with Crippen LogP contribution in [-0.4, -0.2) is 70.9 Å². The average molecular weight is 595 g/mol. The van der Waals surface area contributed by atoms with Crippen molar-refractivity contribution in [3.8, 4) is 0 Å². The Morgan fingerprint density at radius 1 is 0.683 bits per heavy atom. The Bertz CT molecular complexity index is 1120. The number of hydrogen-bond donors (Lipinski definition) is 2. The normalized spacial score (nSPS) is 34.2. The van der Waals surface area contributed by atoms with Crippen LogP contribution in [0.25, 0.3) is 0 Å². The molecule has 4 fully saturated rings. The summed E-state index contributed by atoms with van der Waals surface area (Å²) in [5, 5.41) is 0. The highest BCUT2D eigenvalue weighted by Crippen LogP contribution is 2.68. The SMILES string of the molecule is CC(C)CC(N)C(=O)OCN1C(=O)C2C3C=CC(C2C1=O)C1C2C(=O)N(COC(=O)C(N)CC(C)C)C(=O)C2C31.Cl. The standard InChI is InChI=1S/C28H38N4O8.ClH/c1-11(2)7-15(29)27(37)39-9-31-23(33)19-13-5-6-14(20(19)24(31)34)18-17(13)21-22(18)26(36)32(25(21)35)10-40-28(38)16(30)8-12(3)4;/h5-6,11-22H,7-10,29-30H2,1-4H3;1H. The highest BCUT2D eigenvalue weighted by Gasteiger charge is 2.75. The van der Waals surface area contributed by atoms with Crippen molar-refractivity contribution in [1.82, 2.24) is 9.80 Å². The van der Waals surface area contributed by atoms with E-state index in [1.165, 1.54) is 0 Å². The third kappa shape index (κ3) is 4.97. The summed E-state index contributed by atoms with van der Waals surface area (Å²) in [6.07, 6.45) is 4.59. The lowest BCUT2D eigenvalue weighted by Crippen LogP contribution is -2.63. The summed E-state index contributed by atoms with van der Waals surface area (Å²) in [7, 11) is 0. The summed E-state index contributed by atoms with van der Waals surface area (Å²) >= 11 is 0. The maximum absolute atomic E-state index is 13.4. The van der Waals surface area contributed by atoms with Crippen molar-refractivity contribution >= 4 is 48.0 Å². The van der Waals surface area contributed by atoms with Crippen molar-refractivity contribution < 1.29 is 38.2 Å². The highest BCUT2D eigenvalue weighted by atomic mass is 35.5. The predicted molar refractivity (Wildman–Crippen MR) is 145 cm³/mol. The van der Waals surface area contributed by atoms with Gasteiger partial charge in [-0.15, -0.1) is 12.4 Å². The highest BCUT2D eigenvalue weighted by molar-refractivity contribution is 6.09. The minimum absolute atomic E-state index is 0. The van der Waals surface area contributed by atoms with E-state index in [2.05, 4.69) is 0 Å². The second kappa shape index (κ2) is 11.4. The first-order valence-electron chi connectivity index (χ1n) is 14.1. The minimum Gasteiger partial charge on any atom is -0.443 e. The van der Waals surface area contributed by atoms with Crippen LogP contribution >= 0.6 is 12.4 Å². The lowest BCUT2D eigenvalue weighted by Gasteiger charge is -2.60. The molecule has 2 saturated carbocycles. The van der Waals surface area contributed by atoms with Gasteiger partial charge in [-0.05, 0) is 48.3 Å². The van der Waals surface area contributed by atoms with Gasteiger partial charge in [-0.3, -0.25) is 28.8 Å². The molecular formula is C28H39ClN4O8. The topological polar surface area (TPSA) is 179 Å². The van der Waals surface area contributed by atoms with Gasteiger partial charge in [0.25, 0.3) is 0 Å². The van der Waals surface area contributed by atoms with Crippen LogP contribution in [-0.2, 0) is 38.2 Å². The number of rotatable bonds is 10. The van der Waals surface area contributed by atoms with Crippen molar-refractivity contribution in [1.29, 1.82) is 0 Å². The van der Waals surface area contributed by atoms with E-state index in [1.807, 2.05) is 39.8 Å². The first-order chi connectivity index (χ1) is 18.8. The quantitative estimate of drug-likeness (QED) is 0.204. The zero-order chi connectivity index (χ0) is 29.2. The number of halogens is 1. The fraction of sp³-hybridized carbons (Fsp3) is 0.714. The Morgan fingerprint density at radius 2 is 1.00 bits per heavy atom. The molecule has 0 spiro atoms. The Balaban J connectivity index is 0.00000387. The number of carbonyl (C=O) groups is 6. The van der Waals surface area contributed by atoms with E-state index in [1.54, 1.807) is 0 Å². The molecule has 226 valence electrons. The van der Waals surface area contributed by atoms with E-state index in [0.717, 1.165) is 9.80 Å². The molecule has 0 radical (unpaired) electrons. The molecule has 13 heteroatoms. The van der Waals surface area contributed by atoms with Crippen LogP contribution in [0.2, 0.25) is 0 Å². The van der Waals surface area contributed by atoms with E-state index in [9.17, 15) is 28.8 Å². The number of allylic oxidation sites excluding steroid dienone is 2. The van der Waals surface area contributed by atoms with Crippen LogP contribution in [0, 0.1) is 59.2 Å². The maximum Gasteiger partial charge on any atom is 0.324 e. The molecule has 0 aromatic rings. The number of hydrogen-bond acceptors (Lipinski definition) is 10. The molecule has 41 heavy (non-hydrogen) atoms. The molecule has 2 saturated heterocycles.